The monoisotopic (exact) mass is 302 g/mol. The lowest BCUT2D eigenvalue weighted by molar-refractivity contribution is 0.413. The predicted octanol–water partition coefficient (Wildman–Crippen LogP) is 5.98. The van der Waals surface area contributed by atoms with Crippen molar-refractivity contribution >= 4 is 10.8 Å². The molecule has 0 amide bonds. The van der Waals surface area contributed by atoms with E-state index in [9.17, 15) is 8.78 Å². The Kier molecular flexibility index (Phi) is 4.46. The minimum atomic E-state index is -0.673. The van der Waals surface area contributed by atoms with Crippen LogP contribution in [0.5, 0.6) is 0 Å². The fraction of sp³-hybridized carbons (Fsp3) is 0.500. The van der Waals surface area contributed by atoms with Crippen LogP contribution in [0.15, 0.2) is 18.2 Å². The van der Waals surface area contributed by atoms with Crippen molar-refractivity contribution in [3.8, 4) is 0 Å². The van der Waals surface area contributed by atoms with E-state index in [0.717, 1.165) is 18.2 Å². The van der Waals surface area contributed by atoms with Gasteiger partial charge in [-0.1, -0.05) is 39.2 Å². The molecule has 1 atom stereocenters. The average molecular weight is 302 g/mol. The normalized spacial score (nSPS) is 17.7. The largest absolute Gasteiger partial charge is 0.203 e. The van der Waals surface area contributed by atoms with Crippen LogP contribution in [0, 0.1) is 17.6 Å². The molecule has 2 heteroatoms. The highest BCUT2D eigenvalue weighted by molar-refractivity contribution is 5.85. The molecule has 0 fully saturated rings. The maximum absolute atomic E-state index is 14.3. The van der Waals surface area contributed by atoms with E-state index in [0.29, 0.717) is 23.3 Å². The number of unbranched alkanes of at least 4 members (excludes halogenated alkanes) is 1. The summed E-state index contributed by atoms with van der Waals surface area (Å²) in [4.78, 5) is 0. The second kappa shape index (κ2) is 6.36. The molecule has 2 aromatic rings. The van der Waals surface area contributed by atoms with Crippen LogP contribution in [0.1, 0.15) is 56.2 Å². The standard InChI is InChI=1S/C20H24F2/c1-3-5-6-13-7-8-15-11-17-10-14(4-2)19(21)20(22)18(17)12-16(15)9-13/h10-13H,3-9H2,1-2H3. The molecule has 0 aliphatic heterocycles. The summed E-state index contributed by atoms with van der Waals surface area (Å²) < 4.78 is 28.4. The minimum Gasteiger partial charge on any atom is -0.203 e. The third-order valence-electron chi connectivity index (χ3n) is 5.09. The third kappa shape index (κ3) is 2.76. The Morgan fingerprint density at radius 2 is 1.86 bits per heavy atom. The number of halogens is 2. The van der Waals surface area contributed by atoms with Crippen LogP contribution in [0.25, 0.3) is 10.8 Å². The second-order valence-corrected chi connectivity index (χ2v) is 6.61. The Balaban J connectivity index is 2.01. The third-order valence-corrected chi connectivity index (χ3v) is 5.09. The molecule has 2 aromatic carbocycles. The molecule has 0 nitrogen and oxygen atoms in total. The molecule has 22 heavy (non-hydrogen) atoms. The van der Waals surface area contributed by atoms with Crippen molar-refractivity contribution < 1.29 is 8.78 Å². The van der Waals surface area contributed by atoms with E-state index in [-0.39, 0.29) is 0 Å². The number of hydrogen-bond acceptors (Lipinski definition) is 0. The zero-order valence-corrected chi connectivity index (χ0v) is 13.5. The Hall–Kier alpha value is -1.44. The van der Waals surface area contributed by atoms with Gasteiger partial charge in [0, 0.05) is 5.39 Å². The molecule has 0 spiro atoms. The van der Waals surface area contributed by atoms with Gasteiger partial charge in [-0.25, -0.2) is 8.78 Å². The fourth-order valence-corrected chi connectivity index (χ4v) is 3.72. The zero-order valence-electron chi connectivity index (χ0n) is 13.5. The summed E-state index contributed by atoms with van der Waals surface area (Å²) in [5.41, 5.74) is 3.03. The van der Waals surface area contributed by atoms with E-state index in [1.165, 1.54) is 36.8 Å². The first-order valence-corrected chi connectivity index (χ1v) is 8.56. The predicted molar refractivity (Wildman–Crippen MR) is 88.3 cm³/mol. The lowest BCUT2D eigenvalue weighted by atomic mass is 9.80. The van der Waals surface area contributed by atoms with Gasteiger partial charge in [-0.3, -0.25) is 0 Å². The van der Waals surface area contributed by atoms with Crippen molar-refractivity contribution in [2.24, 2.45) is 5.92 Å². The highest BCUT2D eigenvalue weighted by atomic mass is 19.2. The topological polar surface area (TPSA) is 0 Å². The quantitative estimate of drug-likeness (QED) is 0.652. The first-order chi connectivity index (χ1) is 10.6. The molecule has 0 bridgehead atoms. The number of rotatable bonds is 4. The van der Waals surface area contributed by atoms with E-state index in [1.807, 2.05) is 19.1 Å². The van der Waals surface area contributed by atoms with Gasteiger partial charge in [0.25, 0.3) is 0 Å². The lowest BCUT2D eigenvalue weighted by Crippen LogP contribution is -2.14. The number of fused-ring (bicyclic) bond motifs is 2. The van der Waals surface area contributed by atoms with Gasteiger partial charge >= 0.3 is 0 Å². The second-order valence-electron chi connectivity index (χ2n) is 6.61. The molecule has 0 radical (unpaired) electrons. The van der Waals surface area contributed by atoms with Gasteiger partial charge in [-0.15, -0.1) is 0 Å². The van der Waals surface area contributed by atoms with Crippen molar-refractivity contribution in [3.63, 3.8) is 0 Å². The van der Waals surface area contributed by atoms with E-state index < -0.39 is 11.6 Å². The summed E-state index contributed by atoms with van der Waals surface area (Å²) >= 11 is 0. The number of benzene rings is 2. The maximum Gasteiger partial charge on any atom is 0.166 e. The van der Waals surface area contributed by atoms with Crippen molar-refractivity contribution in [2.45, 2.75) is 58.8 Å². The molecule has 0 aromatic heterocycles. The van der Waals surface area contributed by atoms with Gasteiger partial charge in [0.15, 0.2) is 11.6 Å². The van der Waals surface area contributed by atoms with Crippen LogP contribution in [-0.2, 0) is 19.3 Å². The molecule has 1 aliphatic rings. The van der Waals surface area contributed by atoms with Gasteiger partial charge in [0.2, 0.25) is 0 Å². The zero-order chi connectivity index (χ0) is 15.7. The summed E-state index contributed by atoms with van der Waals surface area (Å²) in [6.45, 7) is 4.08. The van der Waals surface area contributed by atoms with Crippen LogP contribution in [0.2, 0.25) is 0 Å². The summed E-state index contributed by atoms with van der Waals surface area (Å²) in [7, 11) is 0. The Morgan fingerprint density at radius 3 is 2.59 bits per heavy atom. The van der Waals surface area contributed by atoms with Gasteiger partial charge in [-0.05, 0) is 65.8 Å². The SMILES string of the molecule is CCCCC1CCc2cc3cc(CC)c(F)c(F)c3cc2C1. The van der Waals surface area contributed by atoms with E-state index in [1.54, 1.807) is 0 Å². The molecule has 118 valence electrons. The molecule has 0 N–H and O–H groups in total. The van der Waals surface area contributed by atoms with E-state index >= 15 is 0 Å². The van der Waals surface area contributed by atoms with E-state index in [4.69, 9.17) is 0 Å². The molecule has 0 heterocycles. The smallest absolute Gasteiger partial charge is 0.166 e. The highest BCUT2D eigenvalue weighted by Crippen LogP contribution is 2.34. The average Bonchev–Trinajstić information content (AvgIpc) is 2.54. The van der Waals surface area contributed by atoms with Crippen molar-refractivity contribution in [1.29, 1.82) is 0 Å². The maximum atomic E-state index is 14.3. The first kappa shape index (κ1) is 15.5. The van der Waals surface area contributed by atoms with Crippen LogP contribution in [0.3, 0.4) is 0 Å². The number of hydrogen-bond donors (Lipinski definition) is 0. The fourth-order valence-electron chi connectivity index (χ4n) is 3.72. The molecule has 1 aliphatic carbocycles. The summed E-state index contributed by atoms with van der Waals surface area (Å²) in [6.07, 6.45) is 7.57. The van der Waals surface area contributed by atoms with Crippen LogP contribution in [0.4, 0.5) is 8.78 Å². The minimum absolute atomic E-state index is 0.449. The molecule has 1 unspecified atom stereocenters. The molecular weight excluding hydrogens is 278 g/mol. The molecule has 0 saturated carbocycles. The van der Waals surface area contributed by atoms with Crippen molar-refractivity contribution in [3.05, 3.63) is 46.5 Å². The summed E-state index contributed by atoms with van der Waals surface area (Å²) in [6, 6.07) is 5.81. The first-order valence-electron chi connectivity index (χ1n) is 8.56. The Morgan fingerprint density at radius 1 is 1.05 bits per heavy atom. The van der Waals surface area contributed by atoms with Crippen molar-refractivity contribution in [1.82, 2.24) is 0 Å². The van der Waals surface area contributed by atoms with Gasteiger partial charge in [-0.2, -0.15) is 0 Å². The van der Waals surface area contributed by atoms with Crippen LogP contribution < -0.4 is 0 Å². The van der Waals surface area contributed by atoms with Gasteiger partial charge < -0.3 is 0 Å². The lowest BCUT2D eigenvalue weighted by Gasteiger charge is -2.25. The Labute approximate surface area is 131 Å². The highest BCUT2D eigenvalue weighted by Gasteiger charge is 2.21. The van der Waals surface area contributed by atoms with Crippen LogP contribution >= 0.6 is 0 Å². The number of aryl methyl sites for hydroxylation is 2. The summed E-state index contributed by atoms with van der Waals surface area (Å²) in [5, 5.41) is 1.30. The Bertz CT molecular complexity index is 688. The molecule has 3 rings (SSSR count). The van der Waals surface area contributed by atoms with Gasteiger partial charge in [0.05, 0.1) is 0 Å². The molecular formula is C20H24F2. The molecule has 0 saturated heterocycles. The van der Waals surface area contributed by atoms with E-state index in [2.05, 4.69) is 13.0 Å². The summed E-state index contributed by atoms with van der Waals surface area (Å²) in [5.74, 6) is -0.645. The van der Waals surface area contributed by atoms with Gasteiger partial charge in [0.1, 0.15) is 0 Å². The van der Waals surface area contributed by atoms with Crippen LogP contribution in [-0.4, -0.2) is 0 Å². The van der Waals surface area contributed by atoms with Crippen molar-refractivity contribution in [2.75, 3.05) is 0 Å².